The first kappa shape index (κ1) is 22.8. The number of hydrogen-bond donors (Lipinski definition) is 2. The van der Waals surface area contributed by atoms with Gasteiger partial charge in [-0.05, 0) is 36.2 Å². The normalized spacial score (nSPS) is 11.6. The van der Waals surface area contributed by atoms with Crippen LogP contribution in [-0.4, -0.2) is 53.2 Å². The second-order valence-electron chi connectivity index (χ2n) is 6.87. The minimum atomic E-state index is -3.52. The van der Waals surface area contributed by atoms with Gasteiger partial charge in [-0.2, -0.15) is 0 Å². The number of nitrogen functional groups attached to an aromatic ring is 1. The molecule has 0 saturated carbocycles. The number of aryl methyl sites for hydroxylation is 1. The molecule has 0 fully saturated rings. The molecule has 0 unspecified atom stereocenters. The van der Waals surface area contributed by atoms with Crippen LogP contribution in [0.3, 0.4) is 0 Å². The van der Waals surface area contributed by atoms with E-state index < -0.39 is 10.0 Å². The van der Waals surface area contributed by atoms with E-state index in [4.69, 9.17) is 5.73 Å². The summed E-state index contributed by atoms with van der Waals surface area (Å²) in [6.07, 6.45) is 0.854. The number of nitrogens with one attached hydrogen (secondary N) is 1. The lowest BCUT2D eigenvalue weighted by molar-refractivity contribution is -0.116. The van der Waals surface area contributed by atoms with E-state index in [1.165, 1.54) is 43.6 Å². The first-order chi connectivity index (χ1) is 14.8. The topological polar surface area (TPSA) is 123 Å². The summed E-state index contributed by atoms with van der Waals surface area (Å²) in [7, 11) is -0.598. The van der Waals surface area contributed by atoms with Gasteiger partial charge in [0.05, 0.1) is 4.90 Å². The molecule has 164 valence electrons. The lowest BCUT2D eigenvalue weighted by atomic mass is 10.2. The van der Waals surface area contributed by atoms with E-state index in [1.54, 1.807) is 16.7 Å². The molecule has 1 amide bonds. The number of rotatable bonds is 9. The summed E-state index contributed by atoms with van der Waals surface area (Å²) in [5.41, 5.74) is 7.58. The highest BCUT2D eigenvalue weighted by Gasteiger charge is 2.17. The van der Waals surface area contributed by atoms with Gasteiger partial charge in [-0.1, -0.05) is 42.1 Å². The van der Waals surface area contributed by atoms with Gasteiger partial charge in [-0.3, -0.25) is 9.36 Å². The van der Waals surface area contributed by atoms with Crippen molar-refractivity contribution in [2.24, 2.45) is 0 Å². The third kappa shape index (κ3) is 5.84. The molecule has 0 saturated heterocycles. The van der Waals surface area contributed by atoms with E-state index in [-0.39, 0.29) is 23.3 Å². The molecule has 1 heterocycles. The molecular formula is C20H24N6O3S2. The predicted molar refractivity (Wildman–Crippen MR) is 121 cm³/mol. The van der Waals surface area contributed by atoms with E-state index in [2.05, 4.69) is 27.6 Å². The number of thioether (sulfide) groups is 1. The SMILES string of the molecule is CN(C)S(=O)(=O)c1ccc(NC(=O)Cn2c(N)nnc2SCCc2ccccc2)cc1. The van der Waals surface area contributed by atoms with E-state index in [0.717, 1.165) is 16.5 Å². The average molecular weight is 461 g/mol. The first-order valence-electron chi connectivity index (χ1n) is 9.45. The molecular weight excluding hydrogens is 436 g/mol. The number of carbonyl (C=O) groups is 1. The van der Waals surface area contributed by atoms with Gasteiger partial charge >= 0.3 is 0 Å². The maximum Gasteiger partial charge on any atom is 0.244 e. The van der Waals surface area contributed by atoms with Crippen molar-refractivity contribution < 1.29 is 13.2 Å². The van der Waals surface area contributed by atoms with Gasteiger partial charge in [0.1, 0.15) is 6.54 Å². The lowest BCUT2D eigenvalue weighted by Crippen LogP contribution is -2.22. The minimum Gasteiger partial charge on any atom is -0.368 e. The van der Waals surface area contributed by atoms with Crippen LogP contribution in [0.15, 0.2) is 64.6 Å². The Morgan fingerprint density at radius 1 is 1.10 bits per heavy atom. The largest absolute Gasteiger partial charge is 0.368 e. The Bertz CT molecular complexity index is 1130. The highest BCUT2D eigenvalue weighted by Crippen LogP contribution is 2.20. The van der Waals surface area contributed by atoms with Crippen molar-refractivity contribution in [2.45, 2.75) is 23.0 Å². The zero-order valence-electron chi connectivity index (χ0n) is 17.2. The highest BCUT2D eigenvalue weighted by atomic mass is 32.2. The number of nitrogens with two attached hydrogens (primary N) is 1. The molecule has 11 heteroatoms. The zero-order valence-corrected chi connectivity index (χ0v) is 18.9. The van der Waals surface area contributed by atoms with Crippen LogP contribution in [0.4, 0.5) is 11.6 Å². The molecule has 0 bridgehead atoms. The molecule has 0 spiro atoms. The molecule has 0 aliphatic rings. The molecule has 2 aromatic carbocycles. The Hall–Kier alpha value is -2.89. The van der Waals surface area contributed by atoms with Crippen LogP contribution in [0.1, 0.15) is 5.56 Å². The summed E-state index contributed by atoms with van der Waals surface area (Å²) in [4.78, 5) is 12.6. The fourth-order valence-corrected chi connectivity index (χ4v) is 4.56. The molecule has 1 aromatic heterocycles. The Labute approximate surface area is 185 Å². The number of carbonyl (C=O) groups excluding carboxylic acids is 1. The smallest absolute Gasteiger partial charge is 0.244 e. The maximum atomic E-state index is 12.5. The van der Waals surface area contributed by atoms with Crippen LogP contribution in [0.2, 0.25) is 0 Å². The van der Waals surface area contributed by atoms with Crippen molar-refractivity contribution in [2.75, 3.05) is 30.9 Å². The average Bonchev–Trinajstić information content (AvgIpc) is 3.08. The predicted octanol–water partition coefficient (Wildman–Crippen LogP) is 2.08. The van der Waals surface area contributed by atoms with Crippen molar-refractivity contribution in [1.29, 1.82) is 0 Å². The van der Waals surface area contributed by atoms with E-state index in [1.807, 2.05) is 18.2 Å². The highest BCUT2D eigenvalue weighted by molar-refractivity contribution is 7.99. The minimum absolute atomic E-state index is 0.0513. The van der Waals surface area contributed by atoms with Crippen LogP contribution in [0.5, 0.6) is 0 Å². The summed E-state index contributed by atoms with van der Waals surface area (Å²) in [6, 6.07) is 16.1. The second kappa shape index (κ2) is 9.94. The van der Waals surface area contributed by atoms with Crippen LogP contribution in [0.25, 0.3) is 0 Å². The number of benzene rings is 2. The van der Waals surface area contributed by atoms with Crippen molar-refractivity contribution in [3.63, 3.8) is 0 Å². The van der Waals surface area contributed by atoms with Crippen LogP contribution >= 0.6 is 11.8 Å². The summed E-state index contributed by atoms with van der Waals surface area (Å²) < 4.78 is 27.0. The fourth-order valence-electron chi connectivity index (χ4n) is 2.73. The Morgan fingerprint density at radius 3 is 2.42 bits per heavy atom. The Morgan fingerprint density at radius 2 is 1.77 bits per heavy atom. The van der Waals surface area contributed by atoms with Crippen molar-refractivity contribution in [3.05, 3.63) is 60.2 Å². The van der Waals surface area contributed by atoms with Crippen LogP contribution in [0, 0.1) is 0 Å². The third-order valence-electron chi connectivity index (χ3n) is 4.43. The van der Waals surface area contributed by atoms with Gasteiger partial charge in [0.2, 0.25) is 21.9 Å². The van der Waals surface area contributed by atoms with Gasteiger partial charge < -0.3 is 11.1 Å². The number of amides is 1. The van der Waals surface area contributed by atoms with E-state index >= 15 is 0 Å². The molecule has 0 aliphatic heterocycles. The van der Waals surface area contributed by atoms with Crippen LogP contribution in [-0.2, 0) is 27.8 Å². The van der Waals surface area contributed by atoms with Crippen molar-refractivity contribution in [3.8, 4) is 0 Å². The number of sulfonamides is 1. The first-order valence-corrected chi connectivity index (χ1v) is 11.9. The van der Waals surface area contributed by atoms with Crippen molar-refractivity contribution >= 4 is 39.3 Å². The quantitative estimate of drug-likeness (QED) is 0.469. The number of nitrogens with zero attached hydrogens (tertiary/aromatic N) is 4. The van der Waals surface area contributed by atoms with Gasteiger partial charge in [-0.25, -0.2) is 12.7 Å². The molecule has 0 atom stereocenters. The number of aromatic nitrogens is 3. The number of hydrogen-bond acceptors (Lipinski definition) is 7. The summed E-state index contributed by atoms with van der Waals surface area (Å²) in [6.45, 7) is -0.0513. The van der Waals surface area contributed by atoms with E-state index in [9.17, 15) is 13.2 Å². The molecule has 3 aromatic rings. The molecule has 3 N–H and O–H groups in total. The summed E-state index contributed by atoms with van der Waals surface area (Å²) >= 11 is 1.48. The van der Waals surface area contributed by atoms with Gasteiger partial charge in [0, 0.05) is 25.5 Å². The molecule has 0 radical (unpaired) electrons. The fraction of sp³-hybridized carbons (Fsp3) is 0.250. The monoisotopic (exact) mass is 460 g/mol. The standard InChI is InChI=1S/C20H24N6O3S2/c1-25(2)31(28,29)17-10-8-16(9-11-17)22-18(27)14-26-19(21)23-24-20(26)30-13-12-15-6-4-3-5-7-15/h3-11H,12-14H2,1-2H3,(H2,21,23)(H,22,27). The van der Waals surface area contributed by atoms with Gasteiger partial charge in [0.15, 0.2) is 5.16 Å². The lowest BCUT2D eigenvalue weighted by Gasteiger charge is -2.12. The summed E-state index contributed by atoms with van der Waals surface area (Å²) in [5, 5.41) is 11.2. The Balaban J connectivity index is 1.60. The third-order valence-corrected chi connectivity index (χ3v) is 7.23. The maximum absolute atomic E-state index is 12.5. The zero-order chi connectivity index (χ0) is 22.4. The number of anilines is 2. The molecule has 31 heavy (non-hydrogen) atoms. The molecule has 9 nitrogen and oxygen atoms in total. The molecule has 0 aliphatic carbocycles. The molecule has 3 rings (SSSR count). The van der Waals surface area contributed by atoms with E-state index in [0.29, 0.717) is 10.8 Å². The van der Waals surface area contributed by atoms with Crippen molar-refractivity contribution in [1.82, 2.24) is 19.1 Å². The van der Waals surface area contributed by atoms with Gasteiger partial charge in [0.25, 0.3) is 0 Å². The Kier molecular flexibility index (Phi) is 7.31. The van der Waals surface area contributed by atoms with Gasteiger partial charge in [-0.15, -0.1) is 10.2 Å². The van der Waals surface area contributed by atoms with Crippen LogP contribution < -0.4 is 11.1 Å². The second-order valence-corrected chi connectivity index (χ2v) is 10.1. The summed E-state index contributed by atoms with van der Waals surface area (Å²) in [5.74, 6) is 0.607.